The van der Waals surface area contributed by atoms with Crippen LogP contribution in [0.15, 0.2) is 85.2 Å². The van der Waals surface area contributed by atoms with Gasteiger partial charge >= 0.3 is 13.7 Å². The van der Waals surface area contributed by atoms with Gasteiger partial charge < -0.3 is 24.4 Å². The molecule has 240 valence electrons. The van der Waals surface area contributed by atoms with E-state index in [4.69, 9.17) is 13.8 Å². The van der Waals surface area contributed by atoms with E-state index in [-0.39, 0.29) is 19.2 Å². The molecule has 3 aromatic carbocycles. The molecule has 15 heteroatoms. The van der Waals surface area contributed by atoms with Gasteiger partial charge in [-0.1, -0.05) is 42.0 Å². The van der Waals surface area contributed by atoms with E-state index in [1.54, 1.807) is 30.3 Å². The fourth-order valence-corrected chi connectivity index (χ4v) is 5.09. The molecular weight excluding hydrogens is 613 g/mol. The maximum Gasteiger partial charge on any atom is 0.411 e. The quantitative estimate of drug-likeness (QED) is 0.132. The number of benzene rings is 3. The van der Waals surface area contributed by atoms with Gasteiger partial charge in [0, 0.05) is 43.7 Å². The molecule has 0 aliphatic rings. The minimum atomic E-state index is -3.29. The summed E-state index contributed by atoms with van der Waals surface area (Å²) in [7, 11) is -0.791. The number of nitrogens with one attached hydrogen (secondary N) is 3. The Morgan fingerprint density at radius 1 is 0.957 bits per heavy atom. The maximum absolute atomic E-state index is 13.4. The molecule has 0 saturated carbocycles. The summed E-state index contributed by atoms with van der Waals surface area (Å²) >= 11 is 0. The van der Waals surface area contributed by atoms with Gasteiger partial charge in [-0.25, -0.2) is 4.79 Å². The Morgan fingerprint density at radius 2 is 1.65 bits per heavy atom. The van der Waals surface area contributed by atoms with Crippen molar-refractivity contribution >= 4 is 43.0 Å². The first-order chi connectivity index (χ1) is 22.2. The fraction of sp³-hybridized carbons (Fsp3) is 0.226. The normalized spacial score (nSPS) is 12.0. The zero-order valence-corrected chi connectivity index (χ0v) is 26.3. The first-order valence-corrected chi connectivity index (χ1v) is 15.8. The van der Waals surface area contributed by atoms with Crippen LogP contribution in [-0.4, -0.2) is 71.1 Å². The number of ether oxygens (including phenoxy) is 1. The summed E-state index contributed by atoms with van der Waals surface area (Å²) in [6, 6.07) is 20.4. The fourth-order valence-electron chi connectivity index (χ4n) is 4.26. The second-order valence-electron chi connectivity index (χ2n) is 9.93. The van der Waals surface area contributed by atoms with Gasteiger partial charge in [-0.15, -0.1) is 5.10 Å². The van der Waals surface area contributed by atoms with E-state index >= 15 is 0 Å². The number of carbonyl (C=O) groups excluding carboxylic acids is 3. The molecule has 3 N–H and O–H groups in total. The lowest BCUT2D eigenvalue weighted by Crippen LogP contribution is -2.44. The zero-order chi connectivity index (χ0) is 32.9. The second kappa shape index (κ2) is 16.2. The van der Waals surface area contributed by atoms with Gasteiger partial charge in [0.25, 0.3) is 0 Å². The molecule has 0 fully saturated rings. The average Bonchev–Trinajstić information content (AvgIpc) is 3.60. The van der Waals surface area contributed by atoms with Crippen LogP contribution in [0.4, 0.5) is 16.2 Å². The van der Waals surface area contributed by atoms with Crippen molar-refractivity contribution < 1.29 is 32.7 Å². The van der Waals surface area contributed by atoms with E-state index in [0.29, 0.717) is 22.6 Å². The maximum atomic E-state index is 13.4. The van der Waals surface area contributed by atoms with Crippen LogP contribution in [-0.2, 0) is 34.4 Å². The number of hydrogen-bond donors (Lipinski definition) is 3. The van der Waals surface area contributed by atoms with Gasteiger partial charge in [-0.05, 0) is 65.4 Å². The van der Waals surface area contributed by atoms with Gasteiger partial charge in [0.2, 0.25) is 11.8 Å². The monoisotopic (exact) mass is 647 g/mol. The molecule has 0 bridgehead atoms. The molecule has 0 unspecified atom stereocenters. The third-order valence-corrected chi connectivity index (χ3v) is 8.51. The molecular formula is C31H34N7O7P. The Hall–Kier alpha value is -5.17. The predicted molar refractivity (Wildman–Crippen MR) is 172 cm³/mol. The molecule has 1 heterocycles. The van der Waals surface area contributed by atoms with E-state index in [0.717, 1.165) is 11.1 Å². The number of hydrogen-bond acceptors (Lipinski definition) is 10. The lowest BCUT2D eigenvalue weighted by Gasteiger charge is -2.18. The summed E-state index contributed by atoms with van der Waals surface area (Å²) < 4.78 is 28.2. The van der Waals surface area contributed by atoms with Gasteiger partial charge in [0.05, 0.1) is 11.8 Å². The highest BCUT2D eigenvalue weighted by Gasteiger charge is 2.22. The predicted octanol–water partition coefficient (Wildman–Crippen LogP) is 4.38. The van der Waals surface area contributed by atoms with Gasteiger partial charge in [0.1, 0.15) is 19.0 Å². The lowest BCUT2D eigenvalue weighted by molar-refractivity contribution is -0.123. The van der Waals surface area contributed by atoms with Crippen molar-refractivity contribution in [3.05, 3.63) is 102 Å². The molecule has 1 atom stereocenters. The third kappa shape index (κ3) is 9.92. The van der Waals surface area contributed by atoms with Gasteiger partial charge in [-0.2, -0.15) is 4.68 Å². The summed E-state index contributed by atoms with van der Waals surface area (Å²) in [4.78, 5) is 38.6. The smallest absolute Gasteiger partial charge is 0.411 e. The Labute approximate surface area is 265 Å². The molecule has 4 rings (SSSR count). The summed E-state index contributed by atoms with van der Waals surface area (Å²) in [5.41, 5.74) is 4.09. The number of anilines is 2. The van der Waals surface area contributed by atoms with Crippen LogP contribution in [0.25, 0.3) is 11.8 Å². The van der Waals surface area contributed by atoms with E-state index in [1.165, 1.54) is 31.3 Å². The molecule has 0 saturated heterocycles. The van der Waals surface area contributed by atoms with Crippen LogP contribution < -0.4 is 16.0 Å². The van der Waals surface area contributed by atoms with Crippen molar-refractivity contribution in [2.45, 2.75) is 19.4 Å². The number of nitrogens with zero attached hydrogens (tertiary/aromatic N) is 4. The summed E-state index contributed by atoms with van der Waals surface area (Å²) in [6.07, 6.45) is 3.85. The Balaban J connectivity index is 1.39. The summed E-state index contributed by atoms with van der Waals surface area (Å²) in [5.74, 6) is -0.901. The van der Waals surface area contributed by atoms with E-state index < -0.39 is 31.5 Å². The first kappa shape index (κ1) is 33.7. The van der Waals surface area contributed by atoms with Crippen molar-refractivity contribution in [1.29, 1.82) is 0 Å². The third-order valence-electron chi connectivity index (χ3n) is 6.66. The number of aryl methyl sites for hydroxylation is 1. The van der Waals surface area contributed by atoms with Crippen molar-refractivity contribution in [2.75, 3.05) is 37.6 Å². The number of aromatic nitrogens is 4. The van der Waals surface area contributed by atoms with Crippen LogP contribution in [0.3, 0.4) is 0 Å². The van der Waals surface area contributed by atoms with Crippen LogP contribution >= 0.6 is 7.60 Å². The lowest BCUT2D eigenvalue weighted by atomic mass is 10.0. The molecule has 1 aromatic heterocycles. The minimum absolute atomic E-state index is 0.0947. The van der Waals surface area contributed by atoms with Crippen molar-refractivity contribution in [3.63, 3.8) is 0 Å². The standard InChI is InChI=1S/C31H34N7O7P/c1-22-9-15-28(38-21-32-36-37-38)24(19-22)10-16-29(39)35-27(20-23-7-5-4-6-8-23)30(40)33-25-11-13-26(14-12-25)34-31(41)45-17-18-46(42,43-2)44-3/h4-16,19,21,27H,17-18,20H2,1-3H3,(H,33,40)(H,34,41)(H,35,39)/b16-10+/t27-/m0/s1. The van der Waals surface area contributed by atoms with E-state index in [9.17, 15) is 18.9 Å². The molecule has 0 aliphatic carbocycles. The summed E-state index contributed by atoms with van der Waals surface area (Å²) in [5, 5.41) is 19.4. The topological polar surface area (TPSA) is 176 Å². The molecule has 0 spiro atoms. The van der Waals surface area contributed by atoms with Crippen LogP contribution in [0.1, 0.15) is 16.7 Å². The number of rotatable bonds is 14. The van der Waals surface area contributed by atoms with Crippen molar-refractivity contribution in [2.24, 2.45) is 0 Å². The van der Waals surface area contributed by atoms with Crippen LogP contribution in [0, 0.1) is 6.92 Å². The largest absolute Gasteiger partial charge is 0.449 e. The van der Waals surface area contributed by atoms with Gasteiger partial charge in [-0.3, -0.25) is 19.5 Å². The molecule has 0 aliphatic heterocycles. The minimum Gasteiger partial charge on any atom is -0.449 e. The highest BCUT2D eigenvalue weighted by molar-refractivity contribution is 7.53. The Bertz CT molecular complexity index is 1690. The van der Waals surface area contributed by atoms with E-state index in [1.807, 2.05) is 55.5 Å². The number of tetrazole rings is 1. The number of carbonyl (C=O) groups is 3. The Kier molecular flexibility index (Phi) is 11.9. The van der Waals surface area contributed by atoms with Crippen LogP contribution in [0.5, 0.6) is 0 Å². The number of amides is 3. The first-order valence-electron chi connectivity index (χ1n) is 14.1. The molecule has 3 amide bonds. The zero-order valence-electron chi connectivity index (χ0n) is 25.5. The highest BCUT2D eigenvalue weighted by Crippen LogP contribution is 2.45. The molecule has 46 heavy (non-hydrogen) atoms. The van der Waals surface area contributed by atoms with E-state index in [2.05, 4.69) is 31.5 Å². The second-order valence-corrected chi connectivity index (χ2v) is 12.3. The molecule has 0 radical (unpaired) electrons. The SMILES string of the molecule is COP(=O)(CCOC(=O)Nc1ccc(NC(=O)[C@H](Cc2ccccc2)NC(=O)/C=C/c2cc(C)ccc2-n2cnnn2)cc1)OC. The highest BCUT2D eigenvalue weighted by atomic mass is 31.2. The van der Waals surface area contributed by atoms with Crippen LogP contribution in [0.2, 0.25) is 0 Å². The summed E-state index contributed by atoms with van der Waals surface area (Å²) in [6.45, 7) is 1.76. The van der Waals surface area contributed by atoms with Crippen molar-refractivity contribution in [1.82, 2.24) is 25.5 Å². The average molecular weight is 648 g/mol. The molecule has 4 aromatic rings. The van der Waals surface area contributed by atoms with Crippen molar-refractivity contribution in [3.8, 4) is 5.69 Å². The Morgan fingerprint density at radius 3 is 2.30 bits per heavy atom. The molecule has 14 nitrogen and oxygen atoms in total. The van der Waals surface area contributed by atoms with Gasteiger partial charge in [0.15, 0.2) is 0 Å².